The Labute approximate surface area is 129 Å². The summed E-state index contributed by atoms with van der Waals surface area (Å²) in [6, 6.07) is 3.72. The standard InChI is InChI=1S/C12H11ClN4OS2/c1-19-7-11-15-16-12(18-11)20-6-9-5-17-4-8(13)2-3-10(17)14-9/h2-5H,6-7H2,1H3. The predicted octanol–water partition coefficient (Wildman–Crippen LogP) is 3.53. The maximum absolute atomic E-state index is 5.94. The Morgan fingerprint density at radius 3 is 3.00 bits per heavy atom. The average Bonchev–Trinajstić information content (AvgIpc) is 3.02. The van der Waals surface area contributed by atoms with Gasteiger partial charge < -0.3 is 8.82 Å². The van der Waals surface area contributed by atoms with Gasteiger partial charge >= 0.3 is 0 Å². The van der Waals surface area contributed by atoms with Crippen molar-refractivity contribution in [2.24, 2.45) is 0 Å². The molecule has 0 aromatic carbocycles. The molecule has 0 saturated carbocycles. The Hall–Kier alpha value is -1.18. The molecule has 104 valence electrons. The Morgan fingerprint density at radius 1 is 1.25 bits per heavy atom. The Bertz CT molecular complexity index is 727. The number of aromatic nitrogens is 4. The molecule has 0 atom stereocenters. The third-order valence-corrected chi connectivity index (χ3v) is 4.14. The van der Waals surface area contributed by atoms with Gasteiger partial charge in [-0.1, -0.05) is 23.4 Å². The molecule has 8 heteroatoms. The van der Waals surface area contributed by atoms with E-state index in [1.54, 1.807) is 11.8 Å². The van der Waals surface area contributed by atoms with Gasteiger partial charge in [-0.05, 0) is 18.4 Å². The molecule has 0 aliphatic rings. The van der Waals surface area contributed by atoms with Crippen molar-refractivity contribution < 1.29 is 4.42 Å². The molecule has 0 aliphatic heterocycles. The second-order valence-electron chi connectivity index (χ2n) is 4.03. The van der Waals surface area contributed by atoms with Crippen LogP contribution >= 0.6 is 35.1 Å². The van der Waals surface area contributed by atoms with Gasteiger partial charge in [0.05, 0.1) is 16.5 Å². The van der Waals surface area contributed by atoms with Crippen LogP contribution in [0.4, 0.5) is 0 Å². The fourth-order valence-electron chi connectivity index (χ4n) is 1.70. The highest BCUT2D eigenvalue weighted by Gasteiger charge is 2.08. The molecular formula is C12H11ClN4OS2. The molecule has 0 spiro atoms. The van der Waals surface area contributed by atoms with Gasteiger partial charge in [-0.2, -0.15) is 11.8 Å². The van der Waals surface area contributed by atoms with Crippen molar-refractivity contribution in [2.75, 3.05) is 6.26 Å². The number of nitrogens with zero attached hydrogens (tertiary/aromatic N) is 4. The SMILES string of the molecule is CSCc1nnc(SCc2cn3cc(Cl)ccc3n2)o1. The zero-order valence-electron chi connectivity index (χ0n) is 10.6. The van der Waals surface area contributed by atoms with E-state index in [0.29, 0.717) is 21.9 Å². The summed E-state index contributed by atoms with van der Waals surface area (Å²) in [6.45, 7) is 0. The maximum atomic E-state index is 5.94. The van der Waals surface area contributed by atoms with Gasteiger partial charge in [-0.15, -0.1) is 10.2 Å². The van der Waals surface area contributed by atoms with Gasteiger partial charge in [0.1, 0.15) is 5.65 Å². The van der Waals surface area contributed by atoms with Crippen molar-refractivity contribution in [3.63, 3.8) is 0 Å². The van der Waals surface area contributed by atoms with Crippen LogP contribution in [0.1, 0.15) is 11.6 Å². The van der Waals surface area contributed by atoms with E-state index in [-0.39, 0.29) is 0 Å². The summed E-state index contributed by atoms with van der Waals surface area (Å²) in [7, 11) is 0. The van der Waals surface area contributed by atoms with E-state index in [4.69, 9.17) is 16.0 Å². The summed E-state index contributed by atoms with van der Waals surface area (Å²) in [5, 5.41) is 9.23. The number of pyridine rings is 1. The molecule has 0 fully saturated rings. The summed E-state index contributed by atoms with van der Waals surface area (Å²) in [6.07, 6.45) is 5.79. The normalized spacial score (nSPS) is 11.3. The van der Waals surface area contributed by atoms with Gasteiger partial charge in [-0.3, -0.25) is 0 Å². The lowest BCUT2D eigenvalue weighted by atomic mass is 10.5. The molecule has 5 nitrogen and oxygen atoms in total. The number of imidazole rings is 1. The number of rotatable bonds is 5. The van der Waals surface area contributed by atoms with Crippen LogP contribution in [0.25, 0.3) is 5.65 Å². The zero-order valence-corrected chi connectivity index (χ0v) is 13.0. The summed E-state index contributed by atoms with van der Waals surface area (Å²) in [4.78, 5) is 4.50. The molecule has 0 radical (unpaired) electrons. The average molecular weight is 327 g/mol. The number of halogens is 1. The lowest BCUT2D eigenvalue weighted by molar-refractivity contribution is 0.426. The highest BCUT2D eigenvalue weighted by atomic mass is 35.5. The van der Waals surface area contributed by atoms with Crippen molar-refractivity contribution in [3.8, 4) is 0 Å². The second-order valence-corrected chi connectivity index (χ2v) is 6.26. The quantitative estimate of drug-likeness (QED) is 0.669. The molecule has 20 heavy (non-hydrogen) atoms. The zero-order chi connectivity index (χ0) is 13.9. The van der Waals surface area contributed by atoms with Crippen LogP contribution in [0.5, 0.6) is 0 Å². The fraction of sp³-hybridized carbons (Fsp3) is 0.250. The summed E-state index contributed by atoms with van der Waals surface area (Å²) in [5.41, 5.74) is 1.82. The molecule has 0 N–H and O–H groups in total. The van der Waals surface area contributed by atoms with E-state index in [0.717, 1.165) is 17.1 Å². The minimum atomic E-state index is 0.573. The number of thioether (sulfide) groups is 2. The Kier molecular flexibility index (Phi) is 4.18. The van der Waals surface area contributed by atoms with Crippen molar-refractivity contribution in [1.82, 2.24) is 19.6 Å². The molecule has 3 heterocycles. The predicted molar refractivity (Wildman–Crippen MR) is 81.3 cm³/mol. The monoisotopic (exact) mass is 326 g/mol. The highest BCUT2D eigenvalue weighted by molar-refractivity contribution is 7.98. The minimum absolute atomic E-state index is 0.573. The van der Waals surface area contributed by atoms with E-state index in [2.05, 4.69) is 15.2 Å². The lowest BCUT2D eigenvalue weighted by Crippen LogP contribution is -1.79. The van der Waals surface area contributed by atoms with Crippen molar-refractivity contribution in [1.29, 1.82) is 0 Å². The smallest absolute Gasteiger partial charge is 0.276 e. The largest absolute Gasteiger partial charge is 0.415 e. The second kappa shape index (κ2) is 6.07. The van der Waals surface area contributed by atoms with Crippen LogP contribution in [-0.2, 0) is 11.5 Å². The molecule has 0 unspecified atom stereocenters. The van der Waals surface area contributed by atoms with E-state index in [1.807, 2.05) is 35.2 Å². The molecule has 0 saturated heterocycles. The van der Waals surface area contributed by atoms with Gasteiger partial charge in [0.25, 0.3) is 5.22 Å². The van der Waals surface area contributed by atoms with Gasteiger partial charge in [-0.25, -0.2) is 4.98 Å². The first-order valence-corrected chi connectivity index (χ1v) is 8.57. The van der Waals surface area contributed by atoms with Crippen LogP contribution < -0.4 is 0 Å². The van der Waals surface area contributed by atoms with Crippen LogP contribution in [0.2, 0.25) is 5.02 Å². The topological polar surface area (TPSA) is 56.2 Å². The number of hydrogen-bond acceptors (Lipinski definition) is 6. The maximum Gasteiger partial charge on any atom is 0.276 e. The molecule has 0 aliphatic carbocycles. The first-order valence-electron chi connectivity index (χ1n) is 5.82. The molecule has 0 bridgehead atoms. The Balaban J connectivity index is 1.69. The molecule has 3 rings (SSSR count). The first kappa shape index (κ1) is 13.8. The third kappa shape index (κ3) is 3.11. The molecule has 3 aromatic heterocycles. The molecular weight excluding hydrogens is 316 g/mol. The molecule has 3 aromatic rings. The Morgan fingerprint density at radius 2 is 2.15 bits per heavy atom. The highest BCUT2D eigenvalue weighted by Crippen LogP contribution is 2.22. The fourth-order valence-corrected chi connectivity index (χ4v) is 2.90. The van der Waals surface area contributed by atoms with Crippen molar-refractivity contribution in [2.45, 2.75) is 16.7 Å². The van der Waals surface area contributed by atoms with Gasteiger partial charge in [0.15, 0.2) is 0 Å². The van der Waals surface area contributed by atoms with Crippen LogP contribution in [-0.4, -0.2) is 25.8 Å². The van der Waals surface area contributed by atoms with Crippen LogP contribution in [0.15, 0.2) is 34.2 Å². The van der Waals surface area contributed by atoms with Crippen LogP contribution in [0, 0.1) is 0 Å². The lowest BCUT2D eigenvalue weighted by Gasteiger charge is -1.91. The van der Waals surface area contributed by atoms with Gasteiger partial charge in [0, 0.05) is 18.1 Å². The van der Waals surface area contributed by atoms with Crippen molar-refractivity contribution >= 4 is 40.8 Å². The van der Waals surface area contributed by atoms with E-state index < -0.39 is 0 Å². The summed E-state index contributed by atoms with van der Waals surface area (Å²) >= 11 is 9.08. The number of fused-ring (bicyclic) bond motifs is 1. The summed E-state index contributed by atoms with van der Waals surface area (Å²) in [5.74, 6) is 2.07. The minimum Gasteiger partial charge on any atom is -0.415 e. The van der Waals surface area contributed by atoms with E-state index >= 15 is 0 Å². The van der Waals surface area contributed by atoms with E-state index in [1.165, 1.54) is 11.8 Å². The van der Waals surface area contributed by atoms with Gasteiger partial charge in [0.2, 0.25) is 5.89 Å². The van der Waals surface area contributed by atoms with E-state index in [9.17, 15) is 0 Å². The number of hydrogen-bond donors (Lipinski definition) is 0. The van der Waals surface area contributed by atoms with Crippen molar-refractivity contribution in [3.05, 3.63) is 41.1 Å². The summed E-state index contributed by atoms with van der Waals surface area (Å²) < 4.78 is 7.41. The molecule has 0 amide bonds. The first-order chi connectivity index (χ1) is 9.74. The van der Waals surface area contributed by atoms with Crippen LogP contribution in [0.3, 0.4) is 0 Å². The third-order valence-electron chi connectivity index (χ3n) is 2.52.